The average molecular weight is 220 g/mol. The van der Waals surface area contributed by atoms with Gasteiger partial charge in [0.25, 0.3) is 0 Å². The van der Waals surface area contributed by atoms with E-state index in [2.05, 4.69) is 0 Å². The molecule has 0 spiro atoms. The fraction of sp³-hybridized carbons (Fsp3) is 0.333. The number of aromatic hydroxyl groups is 1. The SMILES string of the molecule is N[C@@H](CCO)c1cc(F)cc(Cl)c1O. The molecule has 0 aromatic heterocycles. The fourth-order valence-electron chi connectivity index (χ4n) is 1.16. The van der Waals surface area contributed by atoms with Crippen molar-refractivity contribution in [3.63, 3.8) is 0 Å². The summed E-state index contributed by atoms with van der Waals surface area (Å²) >= 11 is 5.56. The van der Waals surface area contributed by atoms with Gasteiger partial charge in [0.05, 0.1) is 5.02 Å². The van der Waals surface area contributed by atoms with Gasteiger partial charge >= 0.3 is 0 Å². The molecule has 0 radical (unpaired) electrons. The van der Waals surface area contributed by atoms with Crippen LogP contribution in [0.3, 0.4) is 0 Å². The minimum absolute atomic E-state index is 0.0756. The molecule has 0 saturated heterocycles. The maximum absolute atomic E-state index is 12.9. The summed E-state index contributed by atoms with van der Waals surface area (Å²) in [5.74, 6) is -0.787. The third-order valence-electron chi connectivity index (χ3n) is 1.90. The molecule has 0 unspecified atom stereocenters. The lowest BCUT2D eigenvalue weighted by Crippen LogP contribution is -2.12. The zero-order valence-corrected chi connectivity index (χ0v) is 8.13. The summed E-state index contributed by atoms with van der Waals surface area (Å²) in [5.41, 5.74) is 5.81. The third-order valence-corrected chi connectivity index (χ3v) is 2.19. The first-order valence-corrected chi connectivity index (χ1v) is 4.48. The Bertz CT molecular complexity index is 333. The molecule has 0 aliphatic heterocycles. The molecule has 0 bridgehead atoms. The summed E-state index contributed by atoms with van der Waals surface area (Å²) < 4.78 is 12.9. The lowest BCUT2D eigenvalue weighted by Gasteiger charge is -2.13. The number of nitrogens with two attached hydrogens (primary N) is 1. The van der Waals surface area contributed by atoms with Gasteiger partial charge in [-0.2, -0.15) is 0 Å². The van der Waals surface area contributed by atoms with Crippen LogP contribution in [0.15, 0.2) is 12.1 Å². The van der Waals surface area contributed by atoms with Crippen molar-refractivity contribution in [3.8, 4) is 5.75 Å². The third kappa shape index (κ3) is 2.35. The molecule has 0 amide bonds. The summed E-state index contributed by atoms with van der Waals surface area (Å²) in [6.07, 6.45) is 0.243. The smallest absolute Gasteiger partial charge is 0.139 e. The van der Waals surface area contributed by atoms with Crippen molar-refractivity contribution in [2.24, 2.45) is 5.73 Å². The Kier molecular flexibility index (Phi) is 3.69. The highest BCUT2D eigenvalue weighted by Gasteiger charge is 2.14. The second-order valence-electron chi connectivity index (χ2n) is 2.94. The standard InChI is InChI=1S/C9H11ClFNO2/c10-7-4-5(11)3-6(9(7)14)8(12)1-2-13/h3-4,8,13-14H,1-2,12H2/t8-/m0/s1. The lowest BCUT2D eigenvalue weighted by molar-refractivity contribution is 0.275. The zero-order chi connectivity index (χ0) is 10.7. The Morgan fingerprint density at radius 3 is 2.71 bits per heavy atom. The number of halogens is 2. The maximum atomic E-state index is 12.9. The largest absolute Gasteiger partial charge is 0.506 e. The molecule has 1 rings (SSSR count). The number of phenolic OH excluding ortho intramolecular Hbond substituents is 1. The second-order valence-corrected chi connectivity index (χ2v) is 3.35. The van der Waals surface area contributed by atoms with E-state index in [1.807, 2.05) is 0 Å². The summed E-state index contributed by atoms with van der Waals surface area (Å²) in [7, 11) is 0. The number of benzene rings is 1. The molecule has 1 aromatic rings. The molecular formula is C9H11ClFNO2. The number of hydrogen-bond acceptors (Lipinski definition) is 3. The highest BCUT2D eigenvalue weighted by Crippen LogP contribution is 2.32. The van der Waals surface area contributed by atoms with Gasteiger partial charge < -0.3 is 15.9 Å². The Morgan fingerprint density at radius 1 is 1.50 bits per heavy atom. The van der Waals surface area contributed by atoms with E-state index >= 15 is 0 Å². The highest BCUT2D eigenvalue weighted by atomic mass is 35.5. The topological polar surface area (TPSA) is 66.5 Å². The summed E-state index contributed by atoms with van der Waals surface area (Å²) in [6, 6.07) is 1.50. The summed E-state index contributed by atoms with van der Waals surface area (Å²) in [6.45, 7) is -0.130. The maximum Gasteiger partial charge on any atom is 0.139 e. The van der Waals surface area contributed by atoms with Gasteiger partial charge in [-0.1, -0.05) is 11.6 Å². The zero-order valence-electron chi connectivity index (χ0n) is 7.37. The molecule has 14 heavy (non-hydrogen) atoms. The summed E-state index contributed by atoms with van der Waals surface area (Å²) in [4.78, 5) is 0. The Balaban J connectivity index is 3.07. The first-order valence-electron chi connectivity index (χ1n) is 4.10. The van der Waals surface area contributed by atoms with E-state index in [0.29, 0.717) is 0 Å². The predicted octanol–water partition coefficient (Wildman–Crippen LogP) is 1.57. The van der Waals surface area contributed by atoms with Crippen LogP contribution in [0, 0.1) is 5.82 Å². The van der Waals surface area contributed by atoms with Gasteiger partial charge in [-0.3, -0.25) is 0 Å². The van der Waals surface area contributed by atoms with Gasteiger partial charge in [-0.25, -0.2) is 4.39 Å². The number of aliphatic hydroxyl groups is 1. The molecular weight excluding hydrogens is 209 g/mol. The van der Waals surface area contributed by atoms with E-state index in [-0.39, 0.29) is 29.4 Å². The van der Waals surface area contributed by atoms with Crippen molar-refractivity contribution < 1.29 is 14.6 Å². The fourth-order valence-corrected chi connectivity index (χ4v) is 1.38. The Hall–Kier alpha value is -0.840. The van der Waals surface area contributed by atoms with Crippen LogP contribution in [0.25, 0.3) is 0 Å². The van der Waals surface area contributed by atoms with Crippen LogP contribution < -0.4 is 5.73 Å². The molecule has 1 aromatic carbocycles. The van der Waals surface area contributed by atoms with E-state index in [1.54, 1.807) is 0 Å². The van der Waals surface area contributed by atoms with Gasteiger partial charge in [0.2, 0.25) is 0 Å². The van der Waals surface area contributed by atoms with Crippen molar-refractivity contribution in [2.75, 3.05) is 6.61 Å². The molecule has 5 heteroatoms. The normalized spacial score (nSPS) is 12.9. The molecule has 4 N–H and O–H groups in total. The van der Waals surface area contributed by atoms with E-state index < -0.39 is 11.9 Å². The van der Waals surface area contributed by atoms with E-state index in [4.69, 9.17) is 22.4 Å². The Labute approximate surface area is 85.9 Å². The van der Waals surface area contributed by atoms with Crippen LogP contribution in [-0.4, -0.2) is 16.8 Å². The summed E-state index contributed by atoms with van der Waals surface area (Å²) in [5, 5.41) is 18.0. The predicted molar refractivity (Wildman–Crippen MR) is 51.7 cm³/mol. The van der Waals surface area contributed by atoms with Crippen LogP contribution in [0.1, 0.15) is 18.0 Å². The van der Waals surface area contributed by atoms with Crippen LogP contribution in [0.4, 0.5) is 4.39 Å². The van der Waals surface area contributed by atoms with Crippen LogP contribution >= 0.6 is 11.6 Å². The van der Waals surface area contributed by atoms with Gasteiger partial charge in [-0.05, 0) is 18.6 Å². The molecule has 0 fully saturated rings. The van der Waals surface area contributed by atoms with E-state index in [1.165, 1.54) is 0 Å². The van der Waals surface area contributed by atoms with Crippen molar-refractivity contribution in [2.45, 2.75) is 12.5 Å². The van der Waals surface area contributed by atoms with Crippen LogP contribution in [-0.2, 0) is 0 Å². The molecule has 0 aliphatic rings. The quantitative estimate of drug-likeness (QED) is 0.723. The van der Waals surface area contributed by atoms with Gasteiger partial charge in [0, 0.05) is 18.2 Å². The van der Waals surface area contributed by atoms with Crippen molar-refractivity contribution in [1.29, 1.82) is 0 Å². The number of hydrogen-bond donors (Lipinski definition) is 3. The number of rotatable bonds is 3. The molecule has 3 nitrogen and oxygen atoms in total. The van der Waals surface area contributed by atoms with Crippen molar-refractivity contribution in [3.05, 3.63) is 28.5 Å². The first-order chi connectivity index (χ1) is 6.56. The second kappa shape index (κ2) is 4.59. The van der Waals surface area contributed by atoms with Gasteiger partial charge in [-0.15, -0.1) is 0 Å². The monoisotopic (exact) mass is 219 g/mol. The number of aliphatic hydroxyl groups excluding tert-OH is 1. The molecule has 0 heterocycles. The van der Waals surface area contributed by atoms with Crippen LogP contribution in [0.5, 0.6) is 5.75 Å². The van der Waals surface area contributed by atoms with Crippen molar-refractivity contribution in [1.82, 2.24) is 0 Å². The number of phenols is 1. The van der Waals surface area contributed by atoms with Crippen molar-refractivity contribution >= 4 is 11.6 Å². The molecule has 0 aliphatic carbocycles. The lowest BCUT2D eigenvalue weighted by atomic mass is 10.0. The minimum Gasteiger partial charge on any atom is -0.506 e. The average Bonchev–Trinajstić information content (AvgIpc) is 2.11. The molecule has 0 saturated carbocycles. The highest BCUT2D eigenvalue weighted by molar-refractivity contribution is 6.32. The molecule has 78 valence electrons. The first kappa shape index (κ1) is 11.2. The molecule has 1 atom stereocenters. The van der Waals surface area contributed by atoms with Gasteiger partial charge in [0.15, 0.2) is 0 Å². The van der Waals surface area contributed by atoms with Crippen LogP contribution in [0.2, 0.25) is 5.02 Å². The van der Waals surface area contributed by atoms with E-state index in [9.17, 15) is 9.50 Å². The minimum atomic E-state index is -0.617. The Morgan fingerprint density at radius 2 is 2.14 bits per heavy atom. The van der Waals surface area contributed by atoms with Gasteiger partial charge in [0.1, 0.15) is 11.6 Å². The van der Waals surface area contributed by atoms with E-state index in [0.717, 1.165) is 12.1 Å².